The number of aliphatic imine (C=N–C) groups is 1. The van der Waals surface area contributed by atoms with Crippen molar-refractivity contribution < 1.29 is 0 Å². The molecule has 0 bridgehead atoms. The Labute approximate surface area is 165 Å². The summed E-state index contributed by atoms with van der Waals surface area (Å²) in [6.45, 7) is 8.35. The summed E-state index contributed by atoms with van der Waals surface area (Å²) in [6, 6.07) is 6.07. The van der Waals surface area contributed by atoms with Gasteiger partial charge in [-0.1, -0.05) is 34.1 Å². The highest BCUT2D eigenvalue weighted by Gasteiger charge is 2.23. The predicted octanol–water partition coefficient (Wildman–Crippen LogP) is 5.15. The Morgan fingerprint density at radius 1 is 1.36 bits per heavy atom. The normalized spacial score (nSPS) is 20.3. The number of anilines is 1. The first kappa shape index (κ1) is 18.3. The van der Waals surface area contributed by atoms with Crippen LogP contribution >= 0.6 is 31.9 Å². The van der Waals surface area contributed by atoms with Crippen molar-refractivity contribution in [1.82, 2.24) is 10.6 Å². The van der Waals surface area contributed by atoms with Crippen LogP contribution in [-0.2, 0) is 0 Å². The summed E-state index contributed by atoms with van der Waals surface area (Å²) in [5.74, 6) is 1.59. The summed E-state index contributed by atoms with van der Waals surface area (Å²) in [5.41, 5.74) is 4.44. The number of hydrogen-bond acceptors (Lipinski definition) is 4. The van der Waals surface area contributed by atoms with Crippen LogP contribution in [0.15, 0.2) is 61.9 Å². The first-order valence-electron chi connectivity index (χ1n) is 8.29. The smallest absolute Gasteiger partial charge is 0.195 e. The molecular formula is C19H22Br2N4. The first-order chi connectivity index (χ1) is 11.9. The lowest BCUT2D eigenvalue weighted by Crippen LogP contribution is -2.41. The highest BCUT2D eigenvalue weighted by Crippen LogP contribution is 2.36. The minimum atomic E-state index is -0.252. The third kappa shape index (κ3) is 4.76. The molecule has 1 fully saturated rings. The van der Waals surface area contributed by atoms with Crippen molar-refractivity contribution in [2.24, 2.45) is 10.9 Å². The number of halogens is 2. The van der Waals surface area contributed by atoms with Gasteiger partial charge >= 0.3 is 0 Å². The number of hydrogen-bond donors (Lipinski definition) is 3. The van der Waals surface area contributed by atoms with Crippen molar-refractivity contribution >= 4 is 43.8 Å². The molecule has 0 saturated heterocycles. The van der Waals surface area contributed by atoms with Gasteiger partial charge in [-0.2, -0.15) is 0 Å². The molecule has 1 saturated carbocycles. The molecule has 0 spiro atoms. The lowest BCUT2D eigenvalue weighted by molar-refractivity contribution is 0.619. The molecule has 2 aliphatic rings. The van der Waals surface area contributed by atoms with Gasteiger partial charge in [0.1, 0.15) is 5.82 Å². The van der Waals surface area contributed by atoms with E-state index < -0.39 is 0 Å². The van der Waals surface area contributed by atoms with Crippen molar-refractivity contribution in [2.75, 3.05) is 5.32 Å². The highest BCUT2D eigenvalue weighted by atomic mass is 79.9. The van der Waals surface area contributed by atoms with E-state index in [1.165, 1.54) is 18.4 Å². The van der Waals surface area contributed by atoms with Gasteiger partial charge in [0.15, 0.2) is 6.29 Å². The topological polar surface area (TPSA) is 48.5 Å². The first-order valence-corrected chi connectivity index (χ1v) is 9.88. The van der Waals surface area contributed by atoms with Gasteiger partial charge in [0, 0.05) is 22.1 Å². The molecule has 1 atom stereocenters. The molecule has 25 heavy (non-hydrogen) atoms. The largest absolute Gasteiger partial charge is 0.347 e. The van der Waals surface area contributed by atoms with Crippen molar-refractivity contribution in [3.63, 3.8) is 0 Å². The fraction of sp³-hybridized carbons (Fsp3) is 0.316. The van der Waals surface area contributed by atoms with Gasteiger partial charge in [-0.25, -0.2) is 4.99 Å². The van der Waals surface area contributed by atoms with Gasteiger partial charge < -0.3 is 16.0 Å². The van der Waals surface area contributed by atoms with Crippen LogP contribution in [0.2, 0.25) is 0 Å². The van der Waals surface area contributed by atoms with Crippen LogP contribution in [0, 0.1) is 12.8 Å². The zero-order chi connectivity index (χ0) is 18.0. The van der Waals surface area contributed by atoms with E-state index in [1.807, 2.05) is 18.2 Å². The molecule has 1 unspecified atom stereocenters. The van der Waals surface area contributed by atoms with Crippen molar-refractivity contribution in [2.45, 2.75) is 33.0 Å². The van der Waals surface area contributed by atoms with Gasteiger partial charge in [0.05, 0.1) is 4.48 Å². The second-order valence-electron chi connectivity index (χ2n) is 6.42. The maximum absolute atomic E-state index is 4.48. The van der Waals surface area contributed by atoms with Gasteiger partial charge in [0.2, 0.25) is 0 Å². The summed E-state index contributed by atoms with van der Waals surface area (Å²) in [7, 11) is 0. The Morgan fingerprint density at radius 3 is 2.84 bits per heavy atom. The monoisotopic (exact) mass is 464 g/mol. The van der Waals surface area contributed by atoms with Crippen LogP contribution in [0.4, 0.5) is 5.69 Å². The summed E-state index contributed by atoms with van der Waals surface area (Å²) >= 11 is 7.10. The quantitative estimate of drug-likeness (QED) is 0.509. The lowest BCUT2D eigenvalue weighted by atomic mass is 10.1. The van der Waals surface area contributed by atoms with Gasteiger partial charge in [-0.3, -0.25) is 0 Å². The van der Waals surface area contributed by atoms with Gasteiger partial charge in [0.25, 0.3) is 0 Å². The Kier molecular flexibility index (Phi) is 5.69. The average molecular weight is 466 g/mol. The molecule has 1 aromatic rings. The molecule has 0 radical (unpaired) electrons. The average Bonchev–Trinajstić information content (AvgIpc) is 3.40. The molecule has 1 aliphatic heterocycles. The zero-order valence-corrected chi connectivity index (χ0v) is 17.5. The molecule has 3 rings (SSSR count). The highest BCUT2D eigenvalue weighted by molar-refractivity contribution is 9.12. The molecule has 1 aromatic carbocycles. The standard InChI is InChI=1S/C19H22Br2N4/c1-11(14-7-8-14)9-12(2)23-18-16(21)10-22-19(25-18)24-17-6-4-5-15(20)13(17)3/h4-6,9-10,14,19,23-25H,2,7-8H2,1,3H3/b11-9+. The summed E-state index contributed by atoms with van der Waals surface area (Å²) in [6.07, 6.45) is 6.27. The van der Waals surface area contributed by atoms with Crippen LogP contribution < -0.4 is 16.0 Å². The Balaban J connectivity index is 1.65. The van der Waals surface area contributed by atoms with E-state index in [4.69, 9.17) is 0 Å². The molecule has 1 aliphatic carbocycles. The number of nitrogens with zero attached hydrogens (tertiary/aromatic N) is 1. The maximum atomic E-state index is 4.48. The number of rotatable bonds is 6. The van der Waals surface area contributed by atoms with E-state index in [0.717, 1.165) is 37.6 Å². The summed E-state index contributed by atoms with van der Waals surface area (Å²) in [5, 5.41) is 10.1. The fourth-order valence-corrected chi connectivity index (χ4v) is 3.35. The molecule has 6 heteroatoms. The minimum Gasteiger partial charge on any atom is -0.347 e. The Bertz CT molecular complexity index is 776. The SMILES string of the molecule is C=C(/C=C(\C)C1CC1)NC1=C(Br)C=NC(Nc2cccc(Br)c2C)N1. The van der Waals surface area contributed by atoms with Gasteiger partial charge in [-0.15, -0.1) is 0 Å². The molecule has 0 aromatic heterocycles. The second-order valence-corrected chi connectivity index (χ2v) is 8.13. The molecule has 4 nitrogen and oxygen atoms in total. The number of benzene rings is 1. The van der Waals surface area contributed by atoms with Crippen LogP contribution in [0.5, 0.6) is 0 Å². The van der Waals surface area contributed by atoms with Crippen LogP contribution in [0.3, 0.4) is 0 Å². The van der Waals surface area contributed by atoms with Crippen molar-refractivity contribution in [1.29, 1.82) is 0 Å². The van der Waals surface area contributed by atoms with E-state index in [2.05, 4.69) is 79.3 Å². The van der Waals surface area contributed by atoms with Crippen LogP contribution in [0.25, 0.3) is 0 Å². The molecule has 0 amide bonds. The van der Waals surface area contributed by atoms with Crippen molar-refractivity contribution in [3.05, 3.63) is 62.5 Å². The van der Waals surface area contributed by atoms with E-state index >= 15 is 0 Å². The summed E-state index contributed by atoms with van der Waals surface area (Å²) in [4.78, 5) is 4.48. The fourth-order valence-electron chi connectivity index (χ4n) is 2.66. The van der Waals surface area contributed by atoms with E-state index in [1.54, 1.807) is 6.21 Å². The molecule has 3 N–H and O–H groups in total. The predicted molar refractivity (Wildman–Crippen MR) is 113 cm³/mol. The van der Waals surface area contributed by atoms with E-state index in [0.29, 0.717) is 0 Å². The van der Waals surface area contributed by atoms with Crippen LogP contribution in [0.1, 0.15) is 25.3 Å². The lowest BCUT2D eigenvalue weighted by Gasteiger charge is -2.26. The molecule has 1 heterocycles. The van der Waals surface area contributed by atoms with Crippen LogP contribution in [-0.4, -0.2) is 12.5 Å². The van der Waals surface area contributed by atoms with E-state index in [-0.39, 0.29) is 6.29 Å². The zero-order valence-electron chi connectivity index (χ0n) is 14.4. The van der Waals surface area contributed by atoms with Crippen molar-refractivity contribution in [3.8, 4) is 0 Å². The molecular weight excluding hydrogens is 444 g/mol. The number of nitrogens with one attached hydrogen (secondary N) is 3. The Hall–Kier alpha value is -1.53. The second kappa shape index (κ2) is 7.79. The summed E-state index contributed by atoms with van der Waals surface area (Å²) < 4.78 is 1.94. The Morgan fingerprint density at radius 2 is 2.12 bits per heavy atom. The van der Waals surface area contributed by atoms with E-state index in [9.17, 15) is 0 Å². The van der Waals surface area contributed by atoms with Gasteiger partial charge in [-0.05, 0) is 72.3 Å². The third-order valence-corrected chi connectivity index (χ3v) is 5.79. The minimum absolute atomic E-state index is 0.252. The maximum Gasteiger partial charge on any atom is 0.195 e. The molecule has 132 valence electrons. The third-order valence-electron chi connectivity index (χ3n) is 4.33. The number of allylic oxidation sites excluding steroid dienone is 3.